The second-order valence-electron chi connectivity index (χ2n) is 5.90. The number of carbonyl (C=O) groups is 1. The summed E-state index contributed by atoms with van der Waals surface area (Å²) >= 11 is 1.23. The number of nitrogens with one attached hydrogen (secondary N) is 1. The normalized spacial score (nSPS) is 26.3. The van der Waals surface area contributed by atoms with Crippen molar-refractivity contribution in [3.63, 3.8) is 0 Å². The molecule has 1 aromatic heterocycles. The van der Waals surface area contributed by atoms with E-state index in [1.54, 1.807) is 24.4 Å². The van der Waals surface area contributed by atoms with Gasteiger partial charge in [0.1, 0.15) is 5.82 Å². The smallest absolute Gasteiger partial charge is 0.280 e. The summed E-state index contributed by atoms with van der Waals surface area (Å²) in [5.74, 6) is 0.125. The summed E-state index contributed by atoms with van der Waals surface area (Å²) in [6, 6.07) is 6.77. The van der Waals surface area contributed by atoms with Gasteiger partial charge >= 0.3 is 0 Å². The van der Waals surface area contributed by atoms with Gasteiger partial charge in [0.15, 0.2) is 5.01 Å². The van der Waals surface area contributed by atoms with Gasteiger partial charge in [0.05, 0.1) is 4.88 Å². The highest BCUT2D eigenvalue weighted by molar-refractivity contribution is 7.17. The van der Waals surface area contributed by atoms with E-state index >= 15 is 0 Å². The van der Waals surface area contributed by atoms with Gasteiger partial charge in [-0.25, -0.2) is 9.37 Å². The fourth-order valence-electron chi connectivity index (χ4n) is 3.34. The van der Waals surface area contributed by atoms with E-state index in [0.29, 0.717) is 21.4 Å². The van der Waals surface area contributed by atoms with E-state index < -0.39 is 0 Å². The average Bonchev–Trinajstić information content (AvgIpc) is 3.24. The zero-order valence-electron chi connectivity index (χ0n) is 12.0. The van der Waals surface area contributed by atoms with Gasteiger partial charge in [0.2, 0.25) is 0 Å². The number of hydrogen-bond acceptors (Lipinski definition) is 4. The lowest BCUT2D eigenvalue weighted by Crippen LogP contribution is -2.43. The van der Waals surface area contributed by atoms with Gasteiger partial charge in [0.25, 0.3) is 5.91 Å². The molecule has 1 amide bonds. The molecule has 0 spiro atoms. The average molecular weight is 317 g/mol. The van der Waals surface area contributed by atoms with Crippen molar-refractivity contribution in [3.8, 4) is 10.4 Å². The maximum atomic E-state index is 13.8. The maximum absolute atomic E-state index is 13.8. The second-order valence-corrected chi connectivity index (χ2v) is 6.93. The van der Waals surface area contributed by atoms with Crippen molar-refractivity contribution in [2.45, 2.75) is 12.5 Å². The summed E-state index contributed by atoms with van der Waals surface area (Å²) in [5.41, 5.74) is 0.491. The SMILES string of the molecule is O=C(NC1CN2CC[C@H]1C2)c1ncc(-c2ccccc2F)s1. The van der Waals surface area contributed by atoms with E-state index in [-0.39, 0.29) is 17.8 Å². The van der Waals surface area contributed by atoms with Crippen LogP contribution in [-0.4, -0.2) is 41.5 Å². The third-order valence-corrected chi connectivity index (χ3v) is 5.52. The molecule has 2 aliphatic rings. The molecule has 0 radical (unpaired) electrons. The maximum Gasteiger partial charge on any atom is 0.280 e. The lowest BCUT2D eigenvalue weighted by molar-refractivity contribution is 0.0924. The first-order chi connectivity index (χ1) is 10.7. The van der Waals surface area contributed by atoms with Crippen LogP contribution in [0.15, 0.2) is 30.5 Å². The molecule has 1 aromatic carbocycles. The number of amides is 1. The minimum Gasteiger partial charge on any atom is -0.346 e. The molecule has 2 fully saturated rings. The number of nitrogens with zero attached hydrogens (tertiary/aromatic N) is 2. The molecular formula is C16H16FN3OS. The van der Waals surface area contributed by atoms with Crippen molar-refractivity contribution in [3.05, 3.63) is 41.3 Å². The highest BCUT2D eigenvalue weighted by Crippen LogP contribution is 2.30. The first-order valence-corrected chi connectivity index (χ1v) is 8.26. The fourth-order valence-corrected chi connectivity index (χ4v) is 4.19. The molecule has 3 heterocycles. The molecule has 22 heavy (non-hydrogen) atoms. The van der Waals surface area contributed by atoms with Gasteiger partial charge in [-0.15, -0.1) is 11.3 Å². The van der Waals surface area contributed by atoms with Crippen LogP contribution in [0.2, 0.25) is 0 Å². The topological polar surface area (TPSA) is 45.2 Å². The number of aromatic nitrogens is 1. The molecule has 0 saturated carbocycles. The van der Waals surface area contributed by atoms with Crippen LogP contribution in [-0.2, 0) is 0 Å². The predicted molar refractivity (Wildman–Crippen MR) is 83.3 cm³/mol. The lowest BCUT2D eigenvalue weighted by Gasteiger charge is -2.22. The lowest BCUT2D eigenvalue weighted by atomic mass is 10.0. The molecule has 2 bridgehead atoms. The largest absolute Gasteiger partial charge is 0.346 e. The standard InChI is InChI=1S/C16H16FN3OS/c17-12-4-2-1-3-11(12)14-7-18-16(22-14)15(21)19-13-9-20-6-5-10(13)8-20/h1-4,7,10,13H,5-6,8-9H2,(H,19,21)/t10-,13?/m0/s1. The predicted octanol–water partition coefficient (Wildman–Crippen LogP) is 2.38. The molecule has 2 saturated heterocycles. The molecule has 1 N–H and O–H groups in total. The van der Waals surface area contributed by atoms with Crippen LogP contribution in [0.25, 0.3) is 10.4 Å². The Labute approximate surface area is 132 Å². The molecule has 2 aromatic rings. The molecule has 4 nitrogen and oxygen atoms in total. The van der Waals surface area contributed by atoms with E-state index in [9.17, 15) is 9.18 Å². The van der Waals surface area contributed by atoms with Crippen LogP contribution >= 0.6 is 11.3 Å². The number of carbonyl (C=O) groups excluding carboxylic acids is 1. The quantitative estimate of drug-likeness (QED) is 0.945. The third kappa shape index (κ3) is 2.42. The molecule has 4 rings (SSSR count). The molecule has 0 aliphatic carbocycles. The van der Waals surface area contributed by atoms with Crippen LogP contribution in [0.3, 0.4) is 0 Å². The van der Waals surface area contributed by atoms with Crippen LogP contribution in [0, 0.1) is 11.7 Å². The molecule has 114 valence electrons. The van der Waals surface area contributed by atoms with Crippen molar-refractivity contribution < 1.29 is 9.18 Å². The first-order valence-electron chi connectivity index (χ1n) is 7.44. The molecule has 2 aliphatic heterocycles. The molecule has 6 heteroatoms. The van der Waals surface area contributed by atoms with E-state index in [1.807, 2.05) is 0 Å². The number of piperidine rings is 1. The fraction of sp³-hybridized carbons (Fsp3) is 0.375. The van der Waals surface area contributed by atoms with Crippen LogP contribution in [0.1, 0.15) is 16.2 Å². The summed E-state index contributed by atoms with van der Waals surface area (Å²) in [6.45, 7) is 3.16. The molecule has 3 atom stereocenters. The summed E-state index contributed by atoms with van der Waals surface area (Å²) in [7, 11) is 0. The number of fused-ring (bicyclic) bond motifs is 2. The third-order valence-electron chi connectivity index (χ3n) is 4.49. The zero-order valence-corrected chi connectivity index (χ0v) is 12.8. The van der Waals surface area contributed by atoms with Crippen molar-refractivity contribution >= 4 is 17.2 Å². The van der Waals surface area contributed by atoms with Gasteiger partial charge in [-0.3, -0.25) is 4.79 Å². The Bertz CT molecular complexity index is 717. The van der Waals surface area contributed by atoms with E-state index in [2.05, 4.69) is 15.2 Å². The summed E-state index contributed by atoms with van der Waals surface area (Å²) < 4.78 is 13.8. The first kappa shape index (κ1) is 13.8. The zero-order chi connectivity index (χ0) is 15.1. The van der Waals surface area contributed by atoms with E-state index in [4.69, 9.17) is 0 Å². The van der Waals surface area contributed by atoms with Crippen molar-refractivity contribution in [2.75, 3.05) is 19.6 Å². The van der Waals surface area contributed by atoms with E-state index in [1.165, 1.54) is 17.4 Å². The van der Waals surface area contributed by atoms with Crippen LogP contribution < -0.4 is 5.32 Å². The Morgan fingerprint density at radius 2 is 2.23 bits per heavy atom. The minimum atomic E-state index is -0.293. The number of hydrogen-bond donors (Lipinski definition) is 1. The number of thiazole rings is 1. The van der Waals surface area contributed by atoms with Gasteiger partial charge in [0, 0.05) is 30.9 Å². The summed E-state index contributed by atoms with van der Waals surface area (Å²) in [6.07, 6.45) is 2.73. The minimum absolute atomic E-state index is 0.147. The van der Waals surface area contributed by atoms with Crippen molar-refractivity contribution in [1.82, 2.24) is 15.2 Å². The van der Waals surface area contributed by atoms with E-state index in [0.717, 1.165) is 26.1 Å². The Morgan fingerprint density at radius 3 is 2.95 bits per heavy atom. The second kappa shape index (κ2) is 5.44. The number of halogens is 1. The Morgan fingerprint density at radius 1 is 1.36 bits per heavy atom. The summed E-state index contributed by atoms with van der Waals surface area (Å²) in [4.78, 5) is 19.6. The van der Waals surface area contributed by atoms with Crippen molar-refractivity contribution in [1.29, 1.82) is 0 Å². The van der Waals surface area contributed by atoms with Crippen LogP contribution in [0.5, 0.6) is 0 Å². The number of rotatable bonds is 3. The Balaban J connectivity index is 1.49. The summed E-state index contributed by atoms with van der Waals surface area (Å²) in [5, 5.41) is 3.48. The molecular weight excluding hydrogens is 301 g/mol. The van der Waals surface area contributed by atoms with Gasteiger partial charge in [-0.2, -0.15) is 0 Å². The Kier molecular flexibility index (Phi) is 3.43. The van der Waals surface area contributed by atoms with Gasteiger partial charge in [-0.1, -0.05) is 18.2 Å². The monoisotopic (exact) mass is 317 g/mol. The number of benzene rings is 1. The van der Waals surface area contributed by atoms with Gasteiger partial charge < -0.3 is 10.2 Å². The van der Waals surface area contributed by atoms with Crippen LogP contribution in [0.4, 0.5) is 4.39 Å². The molecule has 2 unspecified atom stereocenters. The van der Waals surface area contributed by atoms with Crippen molar-refractivity contribution in [2.24, 2.45) is 5.92 Å². The highest BCUT2D eigenvalue weighted by Gasteiger charge is 2.38. The van der Waals surface area contributed by atoms with Gasteiger partial charge in [-0.05, 0) is 24.9 Å². The Hall–Kier alpha value is -1.79. The highest BCUT2D eigenvalue weighted by atomic mass is 32.1.